The number of hydrogen-bond donors (Lipinski definition) is 2. The van der Waals surface area contributed by atoms with Crippen LogP contribution < -0.4 is 5.32 Å². The molecule has 0 heterocycles. The van der Waals surface area contributed by atoms with Gasteiger partial charge in [-0.2, -0.15) is 0 Å². The van der Waals surface area contributed by atoms with E-state index in [2.05, 4.69) is 19.2 Å². The Hall–Kier alpha value is -0.570. The van der Waals surface area contributed by atoms with E-state index in [1.54, 1.807) is 0 Å². The average Bonchev–Trinajstić information content (AvgIpc) is 2.90. The molecule has 0 spiro atoms. The van der Waals surface area contributed by atoms with Crippen molar-refractivity contribution in [2.75, 3.05) is 6.61 Å². The smallest absolute Gasteiger partial charge is 0.220 e. The van der Waals surface area contributed by atoms with Crippen molar-refractivity contribution in [3.8, 4) is 0 Å². The van der Waals surface area contributed by atoms with Gasteiger partial charge in [-0.15, -0.1) is 0 Å². The van der Waals surface area contributed by atoms with Gasteiger partial charge in [0, 0.05) is 19.1 Å². The Kier molecular flexibility index (Phi) is 4.66. The summed E-state index contributed by atoms with van der Waals surface area (Å²) in [6.07, 6.45) is 6.73. The number of nitrogens with one attached hydrogen (secondary N) is 1. The van der Waals surface area contributed by atoms with Crippen molar-refractivity contribution in [1.29, 1.82) is 0 Å². The van der Waals surface area contributed by atoms with E-state index < -0.39 is 0 Å². The third kappa shape index (κ3) is 3.25. The van der Waals surface area contributed by atoms with Gasteiger partial charge in [-0.1, -0.05) is 20.3 Å². The first-order chi connectivity index (χ1) is 8.60. The van der Waals surface area contributed by atoms with Crippen LogP contribution in [-0.2, 0) is 4.79 Å². The molecule has 3 nitrogen and oxygen atoms in total. The molecule has 0 aromatic rings. The van der Waals surface area contributed by atoms with Gasteiger partial charge in [-0.25, -0.2) is 0 Å². The first kappa shape index (κ1) is 13.9. The maximum absolute atomic E-state index is 12.1. The molecule has 2 saturated carbocycles. The van der Waals surface area contributed by atoms with Crippen molar-refractivity contribution in [3.63, 3.8) is 0 Å². The van der Waals surface area contributed by atoms with Crippen molar-refractivity contribution < 1.29 is 9.90 Å². The molecule has 2 bridgehead atoms. The summed E-state index contributed by atoms with van der Waals surface area (Å²) in [6.45, 7) is 4.34. The fraction of sp³-hybridized carbons (Fsp3) is 0.933. The highest BCUT2D eigenvalue weighted by molar-refractivity contribution is 5.76. The number of amides is 1. The molecule has 18 heavy (non-hydrogen) atoms. The van der Waals surface area contributed by atoms with E-state index in [1.165, 1.54) is 25.7 Å². The average molecular weight is 253 g/mol. The second-order valence-corrected chi connectivity index (χ2v) is 6.57. The summed E-state index contributed by atoms with van der Waals surface area (Å²) in [6, 6.07) is 0.126. The number of aliphatic hydroxyl groups is 1. The molecule has 1 amide bonds. The molecule has 2 aliphatic carbocycles. The van der Waals surface area contributed by atoms with Crippen LogP contribution in [0.15, 0.2) is 0 Å². The SMILES string of the molecule is CC(C)C(CCO)NC(=O)CC1CC2CCC1C2. The Labute approximate surface area is 110 Å². The van der Waals surface area contributed by atoms with Crippen LogP contribution in [0.3, 0.4) is 0 Å². The van der Waals surface area contributed by atoms with Gasteiger partial charge in [-0.3, -0.25) is 4.79 Å². The summed E-state index contributed by atoms with van der Waals surface area (Å²) in [5.74, 6) is 2.94. The van der Waals surface area contributed by atoms with Crippen LogP contribution in [-0.4, -0.2) is 23.7 Å². The molecule has 0 aliphatic heterocycles. The Morgan fingerprint density at radius 3 is 2.61 bits per heavy atom. The molecule has 0 saturated heterocycles. The lowest BCUT2D eigenvalue weighted by molar-refractivity contribution is -0.123. The van der Waals surface area contributed by atoms with E-state index in [0.717, 1.165) is 11.8 Å². The lowest BCUT2D eigenvalue weighted by atomic mass is 9.86. The number of aliphatic hydroxyl groups excluding tert-OH is 1. The Morgan fingerprint density at radius 1 is 1.33 bits per heavy atom. The number of hydrogen-bond acceptors (Lipinski definition) is 2. The fourth-order valence-corrected chi connectivity index (χ4v) is 3.84. The van der Waals surface area contributed by atoms with Crippen molar-refractivity contribution in [1.82, 2.24) is 5.32 Å². The zero-order chi connectivity index (χ0) is 13.1. The zero-order valence-corrected chi connectivity index (χ0v) is 11.7. The standard InChI is InChI=1S/C15H27NO2/c1-10(2)14(5-6-17)16-15(18)9-13-8-11-3-4-12(13)7-11/h10-14,17H,3-9H2,1-2H3,(H,16,18). The van der Waals surface area contributed by atoms with E-state index >= 15 is 0 Å². The van der Waals surface area contributed by atoms with Crippen LogP contribution in [0.25, 0.3) is 0 Å². The van der Waals surface area contributed by atoms with Gasteiger partial charge in [0.1, 0.15) is 0 Å². The van der Waals surface area contributed by atoms with Crippen molar-refractivity contribution in [2.45, 2.75) is 58.4 Å². The predicted molar refractivity (Wildman–Crippen MR) is 72.0 cm³/mol. The molecular weight excluding hydrogens is 226 g/mol. The predicted octanol–water partition coefficient (Wildman–Crippen LogP) is 2.34. The van der Waals surface area contributed by atoms with Gasteiger partial charge in [0.05, 0.1) is 0 Å². The first-order valence-corrected chi connectivity index (χ1v) is 7.50. The van der Waals surface area contributed by atoms with Gasteiger partial charge >= 0.3 is 0 Å². The van der Waals surface area contributed by atoms with Gasteiger partial charge in [0.15, 0.2) is 0 Å². The molecule has 2 N–H and O–H groups in total. The summed E-state index contributed by atoms with van der Waals surface area (Å²) < 4.78 is 0. The van der Waals surface area contributed by atoms with E-state index in [4.69, 9.17) is 5.11 Å². The van der Waals surface area contributed by atoms with Gasteiger partial charge < -0.3 is 10.4 Å². The molecule has 2 fully saturated rings. The Morgan fingerprint density at radius 2 is 2.11 bits per heavy atom. The molecule has 4 atom stereocenters. The van der Waals surface area contributed by atoms with Crippen LogP contribution in [0.1, 0.15) is 52.4 Å². The summed E-state index contributed by atoms with van der Waals surface area (Å²) in [7, 11) is 0. The highest BCUT2D eigenvalue weighted by atomic mass is 16.3. The summed E-state index contributed by atoms with van der Waals surface area (Å²) in [5.41, 5.74) is 0. The second kappa shape index (κ2) is 6.05. The minimum Gasteiger partial charge on any atom is -0.396 e. The summed E-state index contributed by atoms with van der Waals surface area (Å²) in [4.78, 5) is 12.1. The summed E-state index contributed by atoms with van der Waals surface area (Å²) >= 11 is 0. The normalized spacial score (nSPS) is 31.9. The van der Waals surface area contributed by atoms with Gasteiger partial charge in [0.25, 0.3) is 0 Å². The maximum atomic E-state index is 12.1. The monoisotopic (exact) mass is 253 g/mol. The van der Waals surface area contributed by atoms with Crippen molar-refractivity contribution in [2.24, 2.45) is 23.7 Å². The minimum atomic E-state index is 0.126. The lowest BCUT2D eigenvalue weighted by Gasteiger charge is -2.25. The molecule has 2 aliphatic rings. The zero-order valence-electron chi connectivity index (χ0n) is 11.7. The van der Waals surface area contributed by atoms with Gasteiger partial charge in [0.2, 0.25) is 5.91 Å². The highest BCUT2D eigenvalue weighted by Crippen LogP contribution is 2.49. The number of carbonyl (C=O) groups excluding carboxylic acids is 1. The Balaban J connectivity index is 1.77. The molecule has 104 valence electrons. The molecule has 4 unspecified atom stereocenters. The fourth-order valence-electron chi connectivity index (χ4n) is 3.84. The third-order valence-corrected chi connectivity index (χ3v) is 4.92. The minimum absolute atomic E-state index is 0.126. The van der Waals surface area contributed by atoms with Crippen LogP contribution in [0.5, 0.6) is 0 Å². The number of fused-ring (bicyclic) bond motifs is 2. The molecule has 2 rings (SSSR count). The number of rotatable bonds is 6. The Bertz CT molecular complexity index is 284. The van der Waals surface area contributed by atoms with Crippen molar-refractivity contribution in [3.05, 3.63) is 0 Å². The number of carbonyl (C=O) groups is 1. The van der Waals surface area contributed by atoms with E-state index in [1.807, 2.05) is 0 Å². The molecule has 0 aromatic heterocycles. The molecule has 3 heteroatoms. The quantitative estimate of drug-likeness (QED) is 0.763. The second-order valence-electron chi connectivity index (χ2n) is 6.57. The van der Waals surface area contributed by atoms with Gasteiger partial charge in [-0.05, 0) is 49.4 Å². The highest BCUT2D eigenvalue weighted by Gasteiger charge is 2.40. The molecule has 0 radical (unpaired) electrons. The van der Waals surface area contributed by atoms with Crippen molar-refractivity contribution >= 4 is 5.91 Å². The van der Waals surface area contributed by atoms with E-state index in [0.29, 0.717) is 24.7 Å². The molecular formula is C15H27NO2. The van der Waals surface area contributed by atoms with Crippen LogP contribution >= 0.6 is 0 Å². The summed E-state index contributed by atoms with van der Waals surface area (Å²) in [5, 5.41) is 12.1. The van der Waals surface area contributed by atoms with Crippen LogP contribution in [0, 0.1) is 23.7 Å². The van der Waals surface area contributed by atoms with Crippen LogP contribution in [0.4, 0.5) is 0 Å². The molecule has 0 aromatic carbocycles. The first-order valence-electron chi connectivity index (χ1n) is 7.50. The third-order valence-electron chi connectivity index (χ3n) is 4.92. The largest absolute Gasteiger partial charge is 0.396 e. The lowest BCUT2D eigenvalue weighted by Crippen LogP contribution is -2.40. The maximum Gasteiger partial charge on any atom is 0.220 e. The van der Waals surface area contributed by atoms with E-state index in [9.17, 15) is 4.79 Å². The topological polar surface area (TPSA) is 49.3 Å². The van der Waals surface area contributed by atoms with Crippen LogP contribution in [0.2, 0.25) is 0 Å². The van der Waals surface area contributed by atoms with E-state index in [-0.39, 0.29) is 18.6 Å².